The Hall–Kier alpha value is -1.91. The minimum Gasteiger partial charge on any atom is -0.368 e. The zero-order valence-corrected chi connectivity index (χ0v) is 11.3. The van der Waals surface area contributed by atoms with Crippen molar-refractivity contribution in [3.8, 4) is 0 Å². The fourth-order valence-corrected chi connectivity index (χ4v) is 2.58. The number of rotatable bonds is 2. The first-order valence-electron chi connectivity index (χ1n) is 6.95. The van der Waals surface area contributed by atoms with Gasteiger partial charge >= 0.3 is 0 Å². The predicted molar refractivity (Wildman–Crippen MR) is 77.2 cm³/mol. The highest BCUT2D eigenvalue weighted by atomic mass is 15.2. The molecule has 2 N–H and O–H groups in total. The van der Waals surface area contributed by atoms with Crippen LogP contribution in [0.2, 0.25) is 0 Å². The molecule has 0 saturated carbocycles. The molecule has 0 spiro atoms. The monoisotopic (exact) mass is 257 g/mol. The largest absolute Gasteiger partial charge is 0.368 e. The lowest BCUT2D eigenvalue weighted by molar-refractivity contribution is 0.574. The minimum atomic E-state index is 0.336. The van der Waals surface area contributed by atoms with Gasteiger partial charge in [0.25, 0.3) is 0 Å². The second kappa shape index (κ2) is 4.99. The fraction of sp³-hybridized carbons (Fsp3) is 0.500. The van der Waals surface area contributed by atoms with E-state index in [2.05, 4.69) is 32.8 Å². The highest BCUT2D eigenvalue weighted by Gasteiger charge is 2.17. The summed E-state index contributed by atoms with van der Waals surface area (Å²) in [6, 6.07) is 2.06. The molecule has 3 rings (SSSR count). The summed E-state index contributed by atoms with van der Waals surface area (Å²) < 4.78 is 0. The first-order chi connectivity index (χ1) is 9.28. The number of anilines is 2. The molecule has 19 heavy (non-hydrogen) atoms. The molecule has 0 amide bonds. The van der Waals surface area contributed by atoms with Gasteiger partial charge in [-0.25, -0.2) is 4.98 Å². The van der Waals surface area contributed by atoms with Crippen LogP contribution in [0.5, 0.6) is 0 Å². The molecular weight excluding hydrogens is 238 g/mol. The summed E-state index contributed by atoms with van der Waals surface area (Å²) in [7, 11) is 0. The van der Waals surface area contributed by atoms with Crippen molar-refractivity contribution < 1.29 is 0 Å². The zero-order valence-electron chi connectivity index (χ0n) is 11.3. The predicted octanol–water partition coefficient (Wildman–Crippen LogP) is 2.16. The van der Waals surface area contributed by atoms with Crippen molar-refractivity contribution in [1.82, 2.24) is 15.0 Å². The summed E-state index contributed by atoms with van der Waals surface area (Å²) in [6.45, 7) is 4.17. The number of piperidine rings is 1. The minimum absolute atomic E-state index is 0.336. The van der Waals surface area contributed by atoms with Crippen LogP contribution in [0.25, 0.3) is 11.0 Å². The molecule has 0 aromatic carbocycles. The van der Waals surface area contributed by atoms with Crippen LogP contribution in [0.1, 0.15) is 31.7 Å². The Morgan fingerprint density at radius 2 is 2.00 bits per heavy atom. The van der Waals surface area contributed by atoms with E-state index in [1.165, 1.54) is 24.8 Å². The van der Waals surface area contributed by atoms with Crippen LogP contribution in [0, 0.1) is 0 Å². The van der Waals surface area contributed by atoms with Crippen LogP contribution in [-0.2, 0) is 6.42 Å². The Labute approximate surface area is 112 Å². The molecule has 1 fully saturated rings. The standard InChI is InChI=1S/C14H19N5/c1-2-10-8-11-12(16-9-10)13(18-14(15)17-11)19-6-4-3-5-7-19/h8-9H,2-7H2,1H3,(H2,15,17,18). The maximum absolute atomic E-state index is 5.85. The average Bonchev–Trinajstić information content (AvgIpc) is 2.46. The fourth-order valence-electron chi connectivity index (χ4n) is 2.58. The smallest absolute Gasteiger partial charge is 0.222 e. The summed E-state index contributed by atoms with van der Waals surface area (Å²) in [4.78, 5) is 15.6. The van der Waals surface area contributed by atoms with Gasteiger partial charge in [0, 0.05) is 19.3 Å². The van der Waals surface area contributed by atoms with E-state index < -0.39 is 0 Å². The average molecular weight is 257 g/mol. The van der Waals surface area contributed by atoms with Crippen LogP contribution < -0.4 is 10.6 Å². The van der Waals surface area contributed by atoms with E-state index in [4.69, 9.17) is 5.73 Å². The number of fused-ring (bicyclic) bond motifs is 1. The summed E-state index contributed by atoms with van der Waals surface area (Å²) in [5.41, 5.74) is 8.75. The van der Waals surface area contributed by atoms with E-state index >= 15 is 0 Å². The Balaban J connectivity index is 2.11. The van der Waals surface area contributed by atoms with Gasteiger partial charge in [-0.2, -0.15) is 4.98 Å². The maximum Gasteiger partial charge on any atom is 0.222 e. The number of nitrogens with zero attached hydrogens (tertiary/aromatic N) is 4. The van der Waals surface area contributed by atoms with Gasteiger partial charge < -0.3 is 10.6 Å². The van der Waals surface area contributed by atoms with Crippen molar-refractivity contribution in [2.75, 3.05) is 23.7 Å². The lowest BCUT2D eigenvalue weighted by Crippen LogP contribution is -2.30. The van der Waals surface area contributed by atoms with Gasteiger partial charge in [-0.05, 0) is 37.3 Å². The van der Waals surface area contributed by atoms with Crippen LogP contribution in [0.15, 0.2) is 12.3 Å². The molecule has 2 aromatic heterocycles. The molecule has 0 aliphatic carbocycles. The van der Waals surface area contributed by atoms with Gasteiger partial charge in [-0.3, -0.25) is 4.98 Å². The topological polar surface area (TPSA) is 67.9 Å². The first-order valence-corrected chi connectivity index (χ1v) is 6.95. The van der Waals surface area contributed by atoms with Crippen molar-refractivity contribution in [2.24, 2.45) is 0 Å². The van der Waals surface area contributed by atoms with Crippen LogP contribution in [-0.4, -0.2) is 28.0 Å². The first kappa shape index (κ1) is 12.1. The van der Waals surface area contributed by atoms with Crippen LogP contribution in [0.3, 0.4) is 0 Å². The lowest BCUT2D eigenvalue weighted by atomic mass is 10.1. The normalized spacial score (nSPS) is 15.9. The van der Waals surface area contributed by atoms with Crippen molar-refractivity contribution in [1.29, 1.82) is 0 Å². The zero-order chi connectivity index (χ0) is 13.2. The number of pyridine rings is 1. The Kier molecular flexibility index (Phi) is 3.19. The summed E-state index contributed by atoms with van der Waals surface area (Å²) in [6.07, 6.45) is 6.57. The third-order valence-electron chi connectivity index (χ3n) is 3.66. The molecule has 0 radical (unpaired) electrons. The molecule has 5 nitrogen and oxygen atoms in total. The van der Waals surface area contributed by atoms with Gasteiger partial charge in [-0.15, -0.1) is 0 Å². The summed E-state index contributed by atoms with van der Waals surface area (Å²) in [5.74, 6) is 1.23. The number of nitrogen functional groups attached to an aromatic ring is 1. The summed E-state index contributed by atoms with van der Waals surface area (Å²) in [5, 5.41) is 0. The molecule has 0 bridgehead atoms. The number of nitrogens with two attached hydrogens (primary N) is 1. The van der Waals surface area contributed by atoms with Crippen LogP contribution in [0.4, 0.5) is 11.8 Å². The van der Waals surface area contributed by atoms with E-state index in [1.54, 1.807) is 0 Å². The maximum atomic E-state index is 5.85. The Bertz CT molecular complexity index is 590. The molecule has 3 heterocycles. The number of aromatic nitrogens is 3. The molecule has 1 aliphatic heterocycles. The number of aryl methyl sites for hydroxylation is 1. The van der Waals surface area contributed by atoms with Gasteiger partial charge in [0.05, 0.1) is 5.52 Å². The molecule has 5 heteroatoms. The van der Waals surface area contributed by atoms with E-state index in [1.807, 2.05) is 6.20 Å². The van der Waals surface area contributed by atoms with Gasteiger partial charge in [-0.1, -0.05) is 6.92 Å². The van der Waals surface area contributed by atoms with E-state index in [0.29, 0.717) is 5.95 Å². The molecule has 1 aliphatic rings. The number of hydrogen-bond acceptors (Lipinski definition) is 5. The third kappa shape index (κ3) is 2.32. The Morgan fingerprint density at radius 3 is 2.74 bits per heavy atom. The molecule has 1 saturated heterocycles. The van der Waals surface area contributed by atoms with E-state index in [9.17, 15) is 0 Å². The molecule has 0 unspecified atom stereocenters. The second-order valence-electron chi connectivity index (χ2n) is 5.02. The van der Waals surface area contributed by atoms with Crippen molar-refractivity contribution >= 4 is 22.8 Å². The molecule has 2 aromatic rings. The van der Waals surface area contributed by atoms with Gasteiger partial charge in [0.2, 0.25) is 5.95 Å². The van der Waals surface area contributed by atoms with Crippen molar-refractivity contribution in [2.45, 2.75) is 32.6 Å². The second-order valence-corrected chi connectivity index (χ2v) is 5.02. The third-order valence-corrected chi connectivity index (χ3v) is 3.66. The van der Waals surface area contributed by atoms with Gasteiger partial charge in [0.1, 0.15) is 5.52 Å². The quantitative estimate of drug-likeness (QED) is 0.893. The molecule has 100 valence electrons. The van der Waals surface area contributed by atoms with Gasteiger partial charge in [0.15, 0.2) is 5.82 Å². The Morgan fingerprint density at radius 1 is 1.21 bits per heavy atom. The molecular formula is C14H19N5. The highest BCUT2D eigenvalue weighted by molar-refractivity contribution is 5.86. The summed E-state index contributed by atoms with van der Waals surface area (Å²) >= 11 is 0. The van der Waals surface area contributed by atoms with E-state index in [-0.39, 0.29) is 0 Å². The van der Waals surface area contributed by atoms with Crippen LogP contribution >= 0.6 is 0 Å². The van der Waals surface area contributed by atoms with Crippen molar-refractivity contribution in [3.63, 3.8) is 0 Å². The lowest BCUT2D eigenvalue weighted by Gasteiger charge is -2.28. The van der Waals surface area contributed by atoms with E-state index in [0.717, 1.165) is 36.4 Å². The molecule has 0 atom stereocenters. The SMILES string of the molecule is CCc1cnc2c(N3CCCCC3)nc(N)nc2c1. The highest BCUT2D eigenvalue weighted by Crippen LogP contribution is 2.26. The van der Waals surface area contributed by atoms with Crippen molar-refractivity contribution in [3.05, 3.63) is 17.8 Å². The number of hydrogen-bond donors (Lipinski definition) is 1.